The Morgan fingerprint density at radius 1 is 1.10 bits per heavy atom. The van der Waals surface area contributed by atoms with E-state index in [4.69, 9.17) is 9.84 Å². The van der Waals surface area contributed by atoms with Gasteiger partial charge in [0.2, 0.25) is 0 Å². The van der Waals surface area contributed by atoms with Gasteiger partial charge in [0.1, 0.15) is 5.75 Å². The zero-order valence-electron chi connectivity index (χ0n) is 16.3. The van der Waals surface area contributed by atoms with Gasteiger partial charge in [0.15, 0.2) is 6.61 Å². The summed E-state index contributed by atoms with van der Waals surface area (Å²) >= 11 is 0. The molecule has 0 aliphatic carbocycles. The first-order chi connectivity index (χ1) is 13.9. The van der Waals surface area contributed by atoms with E-state index < -0.39 is 18.5 Å². The molecule has 2 aromatic rings. The van der Waals surface area contributed by atoms with Gasteiger partial charge in [-0.1, -0.05) is 25.1 Å². The molecule has 0 aromatic heterocycles. The van der Waals surface area contributed by atoms with Crippen molar-refractivity contribution in [3.63, 3.8) is 0 Å². The lowest BCUT2D eigenvalue weighted by Gasteiger charge is -2.30. The van der Waals surface area contributed by atoms with E-state index in [1.54, 1.807) is 42.5 Å². The lowest BCUT2D eigenvalue weighted by atomic mass is 9.98. The molecule has 3 rings (SSSR count). The van der Waals surface area contributed by atoms with Gasteiger partial charge in [-0.05, 0) is 49.1 Å². The molecule has 0 atom stereocenters. The summed E-state index contributed by atoms with van der Waals surface area (Å²) in [6.45, 7) is 3.12. The summed E-state index contributed by atoms with van der Waals surface area (Å²) in [7, 11) is 0. The smallest absolute Gasteiger partial charge is 0.341 e. The minimum atomic E-state index is -1.10. The maximum Gasteiger partial charge on any atom is 0.341 e. The number of nitrogens with zero attached hydrogens (tertiary/aromatic N) is 1. The Kier molecular flexibility index (Phi) is 6.49. The van der Waals surface area contributed by atoms with Crippen molar-refractivity contribution in [3.05, 3.63) is 59.7 Å². The number of carboxylic acids is 1. The van der Waals surface area contributed by atoms with Crippen LogP contribution in [-0.4, -0.2) is 47.5 Å². The molecule has 7 nitrogen and oxygen atoms in total. The Hall–Kier alpha value is -3.35. The van der Waals surface area contributed by atoms with E-state index >= 15 is 0 Å². The van der Waals surface area contributed by atoms with E-state index in [9.17, 15) is 14.4 Å². The number of aliphatic carboxylic acids is 1. The van der Waals surface area contributed by atoms with Gasteiger partial charge in [-0.15, -0.1) is 0 Å². The first-order valence-corrected chi connectivity index (χ1v) is 9.58. The van der Waals surface area contributed by atoms with E-state index in [2.05, 4.69) is 12.2 Å². The second kappa shape index (κ2) is 9.23. The second-order valence-corrected chi connectivity index (χ2v) is 7.18. The van der Waals surface area contributed by atoms with Crippen LogP contribution < -0.4 is 10.1 Å². The highest BCUT2D eigenvalue weighted by Crippen LogP contribution is 2.23. The van der Waals surface area contributed by atoms with Crippen LogP contribution in [0, 0.1) is 5.92 Å². The number of amides is 2. The summed E-state index contributed by atoms with van der Waals surface area (Å²) in [6.07, 6.45) is 1.95. The number of ether oxygens (including phenoxy) is 1. The molecule has 2 amide bonds. The van der Waals surface area contributed by atoms with Crippen molar-refractivity contribution in [1.82, 2.24) is 4.90 Å². The van der Waals surface area contributed by atoms with Crippen LogP contribution in [0.3, 0.4) is 0 Å². The normalized spacial score (nSPS) is 14.3. The SMILES string of the molecule is CC1CCN(C(=O)c2ccccc2NC(=O)c2cccc(OCC(=O)O)c2)CC1. The minimum Gasteiger partial charge on any atom is -0.482 e. The Balaban J connectivity index is 1.74. The third-order valence-electron chi connectivity index (χ3n) is 4.94. The number of likely N-dealkylation sites (tertiary alicyclic amines) is 1. The number of nitrogens with one attached hydrogen (secondary N) is 1. The number of carboxylic acid groups (broad SMARTS) is 1. The van der Waals surface area contributed by atoms with Crippen LogP contribution in [0.25, 0.3) is 0 Å². The van der Waals surface area contributed by atoms with Gasteiger partial charge in [0, 0.05) is 18.7 Å². The number of anilines is 1. The minimum absolute atomic E-state index is 0.0913. The molecular formula is C22H24N2O5. The standard InChI is InChI=1S/C22H24N2O5/c1-15-9-11-24(12-10-15)22(28)18-7-2-3-8-19(18)23-21(27)16-5-4-6-17(13-16)29-14-20(25)26/h2-8,13,15H,9-12,14H2,1H3,(H,23,27)(H,25,26). The van der Waals surface area contributed by atoms with Crippen molar-refractivity contribution in [2.24, 2.45) is 5.92 Å². The van der Waals surface area contributed by atoms with Crippen LogP contribution in [0.1, 0.15) is 40.5 Å². The van der Waals surface area contributed by atoms with Crippen LogP contribution in [0.15, 0.2) is 48.5 Å². The van der Waals surface area contributed by atoms with Gasteiger partial charge < -0.3 is 20.1 Å². The number of para-hydroxylation sites is 1. The largest absolute Gasteiger partial charge is 0.482 e. The summed E-state index contributed by atoms with van der Waals surface area (Å²) in [5.41, 5.74) is 1.20. The average Bonchev–Trinajstić information content (AvgIpc) is 2.73. The number of benzene rings is 2. The van der Waals surface area contributed by atoms with Crippen LogP contribution in [0.4, 0.5) is 5.69 Å². The van der Waals surface area contributed by atoms with Crippen molar-refractivity contribution in [1.29, 1.82) is 0 Å². The van der Waals surface area contributed by atoms with Crippen LogP contribution in [0.2, 0.25) is 0 Å². The summed E-state index contributed by atoms with van der Waals surface area (Å²) in [4.78, 5) is 38.1. The summed E-state index contributed by atoms with van der Waals surface area (Å²) < 4.78 is 5.12. The molecule has 1 saturated heterocycles. The lowest BCUT2D eigenvalue weighted by Crippen LogP contribution is -2.38. The summed E-state index contributed by atoms with van der Waals surface area (Å²) in [5.74, 6) is -0.694. The molecule has 7 heteroatoms. The highest BCUT2D eigenvalue weighted by molar-refractivity contribution is 6.09. The highest BCUT2D eigenvalue weighted by Gasteiger charge is 2.23. The molecular weight excluding hydrogens is 372 g/mol. The molecule has 1 fully saturated rings. The van der Waals surface area contributed by atoms with Crippen molar-refractivity contribution >= 4 is 23.5 Å². The predicted molar refractivity (Wildman–Crippen MR) is 108 cm³/mol. The molecule has 1 aliphatic rings. The maximum atomic E-state index is 12.9. The lowest BCUT2D eigenvalue weighted by molar-refractivity contribution is -0.139. The fourth-order valence-corrected chi connectivity index (χ4v) is 3.23. The molecule has 152 valence electrons. The van der Waals surface area contributed by atoms with Crippen LogP contribution in [0.5, 0.6) is 5.75 Å². The average molecular weight is 396 g/mol. The number of rotatable bonds is 6. The molecule has 0 spiro atoms. The molecule has 1 heterocycles. The van der Waals surface area contributed by atoms with Crippen LogP contribution in [-0.2, 0) is 4.79 Å². The highest BCUT2D eigenvalue weighted by atomic mass is 16.5. The van der Waals surface area contributed by atoms with Crippen LogP contribution >= 0.6 is 0 Å². The first-order valence-electron chi connectivity index (χ1n) is 9.58. The van der Waals surface area contributed by atoms with E-state index in [-0.39, 0.29) is 11.7 Å². The van der Waals surface area contributed by atoms with Gasteiger partial charge in [0.25, 0.3) is 11.8 Å². The Morgan fingerprint density at radius 2 is 1.83 bits per heavy atom. The molecule has 2 N–H and O–H groups in total. The molecule has 1 aliphatic heterocycles. The van der Waals surface area contributed by atoms with E-state index in [0.29, 0.717) is 35.8 Å². The van der Waals surface area contributed by atoms with Crippen molar-refractivity contribution in [2.75, 3.05) is 25.0 Å². The zero-order valence-corrected chi connectivity index (χ0v) is 16.3. The number of carbonyl (C=O) groups is 3. The zero-order chi connectivity index (χ0) is 20.8. The van der Waals surface area contributed by atoms with Gasteiger partial charge in [0.05, 0.1) is 11.3 Å². The third kappa shape index (κ3) is 5.34. The van der Waals surface area contributed by atoms with Crippen molar-refractivity contribution in [3.8, 4) is 5.75 Å². The van der Waals surface area contributed by atoms with Crippen molar-refractivity contribution < 1.29 is 24.2 Å². The molecule has 2 aromatic carbocycles. The predicted octanol–water partition coefficient (Wildman–Crippen LogP) is 3.27. The first kappa shape index (κ1) is 20.4. The van der Waals surface area contributed by atoms with Gasteiger partial charge in [-0.25, -0.2) is 4.79 Å². The summed E-state index contributed by atoms with van der Waals surface area (Å²) in [5, 5.41) is 11.5. The fourth-order valence-electron chi connectivity index (χ4n) is 3.23. The number of piperidine rings is 1. The number of carbonyl (C=O) groups excluding carboxylic acids is 2. The summed E-state index contributed by atoms with van der Waals surface area (Å²) in [6, 6.07) is 13.2. The fraction of sp³-hybridized carbons (Fsp3) is 0.318. The number of hydrogen-bond donors (Lipinski definition) is 2. The monoisotopic (exact) mass is 396 g/mol. The quantitative estimate of drug-likeness (QED) is 0.781. The van der Waals surface area contributed by atoms with E-state index in [1.807, 2.05) is 4.90 Å². The topological polar surface area (TPSA) is 95.9 Å². The molecule has 0 radical (unpaired) electrons. The Bertz CT molecular complexity index is 904. The molecule has 0 unspecified atom stereocenters. The molecule has 0 bridgehead atoms. The van der Waals surface area contributed by atoms with Gasteiger partial charge in [-0.3, -0.25) is 9.59 Å². The molecule has 0 saturated carbocycles. The second-order valence-electron chi connectivity index (χ2n) is 7.18. The third-order valence-corrected chi connectivity index (χ3v) is 4.94. The van der Waals surface area contributed by atoms with E-state index in [1.165, 1.54) is 6.07 Å². The molecule has 29 heavy (non-hydrogen) atoms. The number of hydrogen-bond acceptors (Lipinski definition) is 4. The van der Waals surface area contributed by atoms with E-state index in [0.717, 1.165) is 12.8 Å². The maximum absolute atomic E-state index is 12.9. The Morgan fingerprint density at radius 3 is 2.55 bits per heavy atom. The van der Waals surface area contributed by atoms with Crippen molar-refractivity contribution in [2.45, 2.75) is 19.8 Å². The van der Waals surface area contributed by atoms with Gasteiger partial charge >= 0.3 is 5.97 Å². The van der Waals surface area contributed by atoms with Gasteiger partial charge in [-0.2, -0.15) is 0 Å². The Labute approximate surface area is 169 Å².